The first-order chi connectivity index (χ1) is 5.38. The topological polar surface area (TPSA) is 24.1 Å². The maximum atomic E-state index is 3.72. The van der Waals surface area contributed by atoms with E-state index in [1.165, 1.54) is 12.8 Å². The molecule has 2 aliphatic heterocycles. The second-order valence-corrected chi connectivity index (χ2v) is 4.38. The van der Waals surface area contributed by atoms with Gasteiger partial charge in [-0.15, -0.1) is 0 Å². The summed E-state index contributed by atoms with van der Waals surface area (Å²) in [5.41, 5.74) is 0. The van der Waals surface area contributed by atoms with Crippen molar-refractivity contribution in [1.29, 1.82) is 0 Å². The third kappa shape index (κ3) is 1.44. The fourth-order valence-corrected chi connectivity index (χ4v) is 2.56. The molecule has 0 aromatic heterocycles. The maximum absolute atomic E-state index is 3.72. The number of fused-ring (bicyclic) bond motifs is 1. The van der Waals surface area contributed by atoms with Gasteiger partial charge in [0.1, 0.15) is 0 Å². The summed E-state index contributed by atoms with van der Waals surface area (Å²) >= 11 is 3.72. The van der Waals surface area contributed by atoms with E-state index in [1.807, 2.05) is 0 Å². The molecule has 2 N–H and O–H groups in total. The summed E-state index contributed by atoms with van der Waals surface area (Å²) in [6, 6.07) is 0. The van der Waals surface area contributed by atoms with Crippen LogP contribution in [0, 0.1) is 5.92 Å². The lowest BCUT2D eigenvalue weighted by Gasteiger charge is -2.38. The Balaban J connectivity index is 2.07. The van der Waals surface area contributed by atoms with E-state index in [2.05, 4.69) is 38.8 Å². The first-order valence-electron chi connectivity index (χ1n) is 4.16. The highest BCUT2D eigenvalue weighted by atomic mass is 79.9. The average molecular weight is 217 g/mol. The molecule has 2 heterocycles. The molecular weight excluding hydrogens is 204 g/mol. The number of hydrogen-bond acceptors (Lipinski definition) is 2. The van der Waals surface area contributed by atoms with Gasteiger partial charge in [-0.05, 0) is 25.6 Å². The van der Waals surface area contributed by atoms with E-state index in [0.717, 1.165) is 12.5 Å². The highest BCUT2D eigenvalue weighted by Crippen LogP contribution is 2.27. The molecule has 1 saturated heterocycles. The van der Waals surface area contributed by atoms with Crippen LogP contribution in [-0.2, 0) is 0 Å². The summed E-state index contributed by atoms with van der Waals surface area (Å²) in [7, 11) is 0. The Morgan fingerprint density at radius 1 is 1.45 bits per heavy atom. The number of piperidine rings is 1. The predicted octanol–water partition coefficient (Wildman–Crippen LogP) is 1.19. The quantitative estimate of drug-likeness (QED) is 0.595. The summed E-state index contributed by atoms with van der Waals surface area (Å²) in [5.74, 6) is 0.730. The van der Waals surface area contributed by atoms with Crippen LogP contribution in [0.15, 0.2) is 12.3 Å². The molecule has 11 heavy (non-hydrogen) atoms. The van der Waals surface area contributed by atoms with Crippen LogP contribution in [0.1, 0.15) is 12.8 Å². The van der Waals surface area contributed by atoms with Gasteiger partial charge in [0.05, 0.1) is 6.17 Å². The third-order valence-corrected chi connectivity index (χ3v) is 3.62. The van der Waals surface area contributed by atoms with Crippen LogP contribution in [-0.4, -0.2) is 17.5 Å². The molecule has 2 aliphatic rings. The molecule has 3 atom stereocenters. The van der Waals surface area contributed by atoms with Gasteiger partial charge in [0, 0.05) is 10.7 Å². The Morgan fingerprint density at radius 3 is 3.18 bits per heavy atom. The van der Waals surface area contributed by atoms with E-state index in [-0.39, 0.29) is 0 Å². The number of nitrogens with one attached hydrogen (secondary N) is 2. The van der Waals surface area contributed by atoms with Crippen molar-refractivity contribution < 1.29 is 0 Å². The Morgan fingerprint density at radius 2 is 2.36 bits per heavy atom. The molecule has 62 valence electrons. The molecule has 1 fully saturated rings. The lowest BCUT2D eigenvalue weighted by molar-refractivity contribution is 0.261. The lowest BCUT2D eigenvalue weighted by Crippen LogP contribution is -2.54. The molecule has 2 rings (SSSR count). The molecule has 0 spiro atoms. The molecular formula is C8H13BrN2. The minimum atomic E-state index is 0.498. The number of hydrogen-bond donors (Lipinski definition) is 2. The molecule has 0 saturated carbocycles. The molecule has 0 aromatic carbocycles. The van der Waals surface area contributed by atoms with Crippen molar-refractivity contribution in [3.63, 3.8) is 0 Å². The number of halogens is 1. The minimum Gasteiger partial charge on any atom is -0.376 e. The van der Waals surface area contributed by atoms with Crippen molar-refractivity contribution in [2.24, 2.45) is 5.92 Å². The van der Waals surface area contributed by atoms with Gasteiger partial charge in [-0.3, -0.25) is 5.32 Å². The summed E-state index contributed by atoms with van der Waals surface area (Å²) < 4.78 is 0. The van der Waals surface area contributed by atoms with Gasteiger partial charge >= 0.3 is 0 Å². The zero-order valence-electron chi connectivity index (χ0n) is 6.39. The van der Waals surface area contributed by atoms with Crippen molar-refractivity contribution >= 4 is 15.9 Å². The van der Waals surface area contributed by atoms with E-state index in [1.54, 1.807) is 0 Å². The Hall–Kier alpha value is -0.0200. The van der Waals surface area contributed by atoms with Crippen molar-refractivity contribution in [2.45, 2.75) is 23.8 Å². The first-order valence-corrected chi connectivity index (χ1v) is 5.08. The third-order valence-electron chi connectivity index (χ3n) is 2.48. The molecule has 0 bridgehead atoms. The van der Waals surface area contributed by atoms with Gasteiger partial charge in [-0.1, -0.05) is 22.0 Å². The lowest BCUT2D eigenvalue weighted by atomic mass is 9.91. The SMILES string of the molecule is BrC1CCNC2NC=CCC12. The molecule has 3 unspecified atom stereocenters. The van der Waals surface area contributed by atoms with Crippen molar-refractivity contribution in [3.05, 3.63) is 12.3 Å². The normalized spacial score (nSPS) is 42.8. The fourth-order valence-electron chi connectivity index (χ4n) is 1.81. The smallest absolute Gasteiger partial charge is 0.0805 e. The number of rotatable bonds is 0. The fraction of sp³-hybridized carbons (Fsp3) is 0.750. The standard InChI is InChI=1S/C8H13BrN2/c9-7-3-5-11-8-6(7)2-1-4-10-8/h1,4,6-8,10-11H,2-3,5H2. The molecule has 3 heteroatoms. The Kier molecular flexibility index (Phi) is 2.18. The molecule has 2 nitrogen and oxygen atoms in total. The first kappa shape index (κ1) is 7.62. The largest absolute Gasteiger partial charge is 0.376 e. The predicted molar refractivity (Wildman–Crippen MR) is 49.5 cm³/mol. The zero-order valence-corrected chi connectivity index (χ0v) is 7.97. The minimum absolute atomic E-state index is 0.498. The van der Waals surface area contributed by atoms with Gasteiger partial charge < -0.3 is 5.32 Å². The van der Waals surface area contributed by atoms with Crippen LogP contribution in [0.25, 0.3) is 0 Å². The highest BCUT2D eigenvalue weighted by molar-refractivity contribution is 9.09. The van der Waals surface area contributed by atoms with Crippen LogP contribution in [0.3, 0.4) is 0 Å². The highest BCUT2D eigenvalue weighted by Gasteiger charge is 2.31. The molecule has 0 aliphatic carbocycles. The number of allylic oxidation sites excluding steroid dienone is 1. The van der Waals surface area contributed by atoms with Gasteiger partial charge in [0.15, 0.2) is 0 Å². The van der Waals surface area contributed by atoms with Crippen molar-refractivity contribution in [3.8, 4) is 0 Å². The molecule has 0 aromatic rings. The van der Waals surface area contributed by atoms with Crippen LogP contribution >= 0.6 is 15.9 Å². The van der Waals surface area contributed by atoms with E-state index in [0.29, 0.717) is 11.0 Å². The number of alkyl halides is 1. The summed E-state index contributed by atoms with van der Waals surface area (Å²) in [5, 5.41) is 6.79. The monoisotopic (exact) mass is 216 g/mol. The molecule has 0 radical (unpaired) electrons. The Labute approximate surface area is 75.6 Å². The van der Waals surface area contributed by atoms with E-state index in [9.17, 15) is 0 Å². The summed E-state index contributed by atoms with van der Waals surface area (Å²) in [4.78, 5) is 0.686. The van der Waals surface area contributed by atoms with Gasteiger partial charge in [-0.25, -0.2) is 0 Å². The maximum Gasteiger partial charge on any atom is 0.0805 e. The van der Waals surface area contributed by atoms with Crippen molar-refractivity contribution in [1.82, 2.24) is 10.6 Å². The average Bonchev–Trinajstić information content (AvgIpc) is 2.06. The summed E-state index contributed by atoms with van der Waals surface area (Å²) in [6.45, 7) is 1.12. The van der Waals surface area contributed by atoms with Crippen LogP contribution < -0.4 is 10.6 Å². The van der Waals surface area contributed by atoms with Crippen molar-refractivity contribution in [2.75, 3.05) is 6.54 Å². The van der Waals surface area contributed by atoms with Gasteiger partial charge in [-0.2, -0.15) is 0 Å². The van der Waals surface area contributed by atoms with Gasteiger partial charge in [0.25, 0.3) is 0 Å². The van der Waals surface area contributed by atoms with Crippen LogP contribution in [0.2, 0.25) is 0 Å². The van der Waals surface area contributed by atoms with Gasteiger partial charge in [0.2, 0.25) is 0 Å². The molecule has 0 amide bonds. The second kappa shape index (κ2) is 3.15. The second-order valence-electron chi connectivity index (χ2n) is 3.21. The van der Waals surface area contributed by atoms with E-state index in [4.69, 9.17) is 0 Å². The zero-order chi connectivity index (χ0) is 7.68. The Bertz CT molecular complexity index is 169. The van der Waals surface area contributed by atoms with E-state index >= 15 is 0 Å². The van der Waals surface area contributed by atoms with E-state index < -0.39 is 0 Å². The van der Waals surface area contributed by atoms with Crippen LogP contribution in [0.4, 0.5) is 0 Å². The summed E-state index contributed by atoms with van der Waals surface area (Å²) in [6.07, 6.45) is 7.21. The van der Waals surface area contributed by atoms with Crippen LogP contribution in [0.5, 0.6) is 0 Å².